The van der Waals surface area contributed by atoms with Crippen LogP contribution in [0.25, 0.3) is 0 Å². The van der Waals surface area contributed by atoms with Gasteiger partial charge in [0.25, 0.3) is 0 Å². The Morgan fingerprint density at radius 2 is 2.05 bits per heavy atom. The van der Waals surface area contributed by atoms with Crippen molar-refractivity contribution in [2.45, 2.75) is 64.3 Å². The molecule has 0 bridgehead atoms. The minimum Gasteiger partial charge on any atom is -0.463 e. The highest BCUT2D eigenvalue weighted by molar-refractivity contribution is 5.69. The number of hydrogen-bond donors (Lipinski definition) is 2. The van der Waals surface area contributed by atoms with E-state index in [1.54, 1.807) is 6.08 Å². The Morgan fingerprint density at radius 1 is 1.33 bits per heavy atom. The number of carbonyl (C=O) groups excluding carboxylic acids is 1. The normalized spacial score (nSPS) is 29.2. The molecule has 4 heteroatoms. The van der Waals surface area contributed by atoms with Gasteiger partial charge in [0, 0.05) is 18.8 Å². The Bertz CT molecular complexity index is 362. The SMILES string of the molecule is C=CC1C(O)CC(O)C1CC=CCCCC(=O)OC(C)C. The summed E-state index contributed by atoms with van der Waals surface area (Å²) in [6.07, 6.45) is 7.96. The standard InChI is InChI=1S/C17H28O4/c1-4-13-14(16(19)11-15(13)18)9-7-5-6-8-10-17(20)21-12(2)3/h4-5,7,12-16,18-19H,1,6,8-11H2,2-3H3. The number of ether oxygens (including phenoxy) is 1. The fourth-order valence-corrected chi connectivity index (χ4v) is 2.82. The lowest BCUT2D eigenvalue weighted by Gasteiger charge is -2.18. The minimum absolute atomic E-state index is 0.0364. The van der Waals surface area contributed by atoms with Crippen LogP contribution in [-0.2, 0) is 9.53 Å². The quantitative estimate of drug-likeness (QED) is 0.410. The molecule has 0 saturated heterocycles. The molecule has 1 rings (SSSR count). The zero-order valence-corrected chi connectivity index (χ0v) is 13.1. The molecule has 120 valence electrons. The third-order valence-electron chi connectivity index (χ3n) is 3.88. The van der Waals surface area contributed by atoms with E-state index in [-0.39, 0.29) is 23.9 Å². The lowest BCUT2D eigenvalue weighted by molar-refractivity contribution is -0.147. The van der Waals surface area contributed by atoms with E-state index in [0.29, 0.717) is 12.8 Å². The van der Waals surface area contributed by atoms with Crippen LogP contribution in [0.1, 0.15) is 46.0 Å². The Morgan fingerprint density at radius 3 is 2.67 bits per heavy atom. The van der Waals surface area contributed by atoms with Crippen LogP contribution in [0.4, 0.5) is 0 Å². The number of hydrogen-bond acceptors (Lipinski definition) is 4. The van der Waals surface area contributed by atoms with Crippen LogP contribution in [0.3, 0.4) is 0 Å². The Balaban J connectivity index is 2.23. The second-order valence-corrected chi connectivity index (χ2v) is 5.99. The number of esters is 1. The number of rotatable bonds is 8. The molecule has 0 aromatic heterocycles. The molecule has 1 fully saturated rings. The van der Waals surface area contributed by atoms with E-state index >= 15 is 0 Å². The van der Waals surface area contributed by atoms with Crippen molar-refractivity contribution >= 4 is 5.97 Å². The molecule has 1 aliphatic carbocycles. The maximum atomic E-state index is 11.3. The first kappa shape index (κ1) is 17.9. The molecule has 0 aromatic carbocycles. The van der Waals surface area contributed by atoms with E-state index in [1.807, 2.05) is 26.0 Å². The van der Waals surface area contributed by atoms with Crippen LogP contribution in [0, 0.1) is 11.8 Å². The number of carbonyl (C=O) groups is 1. The van der Waals surface area contributed by atoms with Gasteiger partial charge in [-0.05, 0) is 39.0 Å². The molecule has 4 nitrogen and oxygen atoms in total. The van der Waals surface area contributed by atoms with Gasteiger partial charge in [-0.2, -0.15) is 0 Å². The molecular formula is C17H28O4. The first-order valence-corrected chi connectivity index (χ1v) is 7.78. The first-order valence-electron chi connectivity index (χ1n) is 7.78. The summed E-state index contributed by atoms with van der Waals surface area (Å²) in [6.45, 7) is 7.42. The lowest BCUT2D eigenvalue weighted by atomic mass is 9.90. The van der Waals surface area contributed by atoms with Gasteiger partial charge < -0.3 is 14.9 Å². The summed E-state index contributed by atoms with van der Waals surface area (Å²) in [5.74, 6) is -0.148. The van der Waals surface area contributed by atoms with Crippen molar-refractivity contribution in [2.24, 2.45) is 11.8 Å². The van der Waals surface area contributed by atoms with Crippen LogP contribution in [0.2, 0.25) is 0 Å². The lowest BCUT2D eigenvalue weighted by Crippen LogP contribution is -2.19. The molecule has 0 radical (unpaired) electrons. The van der Waals surface area contributed by atoms with Crippen molar-refractivity contribution in [3.8, 4) is 0 Å². The van der Waals surface area contributed by atoms with E-state index in [1.165, 1.54) is 0 Å². The smallest absolute Gasteiger partial charge is 0.306 e. The van der Waals surface area contributed by atoms with Crippen molar-refractivity contribution in [3.63, 3.8) is 0 Å². The Kier molecular flexibility index (Phi) is 7.68. The van der Waals surface area contributed by atoms with Crippen LogP contribution in [0.5, 0.6) is 0 Å². The average molecular weight is 296 g/mol. The van der Waals surface area contributed by atoms with Gasteiger partial charge in [0.1, 0.15) is 0 Å². The maximum Gasteiger partial charge on any atom is 0.306 e. The molecule has 0 aromatic rings. The fraction of sp³-hybridized carbons (Fsp3) is 0.706. The van der Waals surface area contributed by atoms with Gasteiger partial charge in [-0.25, -0.2) is 0 Å². The van der Waals surface area contributed by atoms with E-state index in [9.17, 15) is 15.0 Å². The minimum atomic E-state index is -0.485. The molecule has 0 spiro atoms. The third-order valence-corrected chi connectivity index (χ3v) is 3.88. The topological polar surface area (TPSA) is 66.8 Å². The number of allylic oxidation sites excluding steroid dienone is 2. The number of aliphatic hydroxyl groups is 2. The van der Waals surface area contributed by atoms with Crippen molar-refractivity contribution in [1.29, 1.82) is 0 Å². The van der Waals surface area contributed by atoms with Crippen LogP contribution in [-0.4, -0.2) is 34.5 Å². The van der Waals surface area contributed by atoms with Gasteiger partial charge in [0.15, 0.2) is 0 Å². The summed E-state index contributed by atoms with van der Waals surface area (Å²) in [5.41, 5.74) is 0. The van der Waals surface area contributed by atoms with Gasteiger partial charge in [-0.1, -0.05) is 18.2 Å². The summed E-state index contributed by atoms with van der Waals surface area (Å²) in [5, 5.41) is 19.7. The first-order chi connectivity index (χ1) is 9.95. The van der Waals surface area contributed by atoms with Gasteiger partial charge in [-0.15, -0.1) is 6.58 Å². The molecule has 0 amide bonds. The van der Waals surface area contributed by atoms with Crippen LogP contribution >= 0.6 is 0 Å². The molecule has 21 heavy (non-hydrogen) atoms. The summed E-state index contributed by atoms with van der Waals surface area (Å²) >= 11 is 0. The fourth-order valence-electron chi connectivity index (χ4n) is 2.82. The van der Waals surface area contributed by atoms with Crippen molar-refractivity contribution < 1.29 is 19.7 Å². The highest BCUT2D eigenvalue weighted by Crippen LogP contribution is 2.35. The third kappa shape index (κ3) is 6.02. The summed E-state index contributed by atoms with van der Waals surface area (Å²) in [7, 11) is 0. The second kappa shape index (κ2) is 9.00. The summed E-state index contributed by atoms with van der Waals surface area (Å²) < 4.78 is 5.06. The largest absolute Gasteiger partial charge is 0.463 e. The molecule has 2 N–H and O–H groups in total. The summed E-state index contributed by atoms with van der Waals surface area (Å²) in [4.78, 5) is 11.3. The monoisotopic (exact) mass is 296 g/mol. The average Bonchev–Trinajstić information content (AvgIpc) is 2.66. The zero-order chi connectivity index (χ0) is 15.8. The van der Waals surface area contributed by atoms with Gasteiger partial charge in [0.05, 0.1) is 18.3 Å². The van der Waals surface area contributed by atoms with Crippen molar-refractivity contribution in [2.75, 3.05) is 0 Å². The van der Waals surface area contributed by atoms with E-state index in [2.05, 4.69) is 6.58 Å². The Hall–Kier alpha value is -1.13. The predicted octanol–water partition coefficient (Wildman–Crippen LogP) is 2.60. The Labute approximate surface area is 127 Å². The van der Waals surface area contributed by atoms with Crippen molar-refractivity contribution in [3.05, 3.63) is 24.8 Å². The number of aliphatic hydroxyl groups excluding tert-OH is 2. The van der Waals surface area contributed by atoms with Crippen LogP contribution in [0.15, 0.2) is 24.8 Å². The van der Waals surface area contributed by atoms with E-state index in [0.717, 1.165) is 19.3 Å². The van der Waals surface area contributed by atoms with Crippen LogP contribution < -0.4 is 0 Å². The van der Waals surface area contributed by atoms with Gasteiger partial charge in [-0.3, -0.25) is 4.79 Å². The van der Waals surface area contributed by atoms with Crippen molar-refractivity contribution in [1.82, 2.24) is 0 Å². The highest BCUT2D eigenvalue weighted by Gasteiger charge is 2.38. The van der Waals surface area contributed by atoms with Gasteiger partial charge >= 0.3 is 5.97 Å². The molecule has 1 saturated carbocycles. The van der Waals surface area contributed by atoms with Gasteiger partial charge in [0.2, 0.25) is 0 Å². The number of unbranched alkanes of at least 4 members (excludes halogenated alkanes) is 1. The maximum absolute atomic E-state index is 11.3. The molecule has 0 heterocycles. The predicted molar refractivity (Wildman–Crippen MR) is 82.6 cm³/mol. The molecule has 0 aliphatic heterocycles. The zero-order valence-electron chi connectivity index (χ0n) is 13.1. The molecule has 1 aliphatic rings. The summed E-state index contributed by atoms with van der Waals surface area (Å²) in [6, 6.07) is 0. The van der Waals surface area contributed by atoms with E-state index < -0.39 is 12.2 Å². The second-order valence-electron chi connectivity index (χ2n) is 5.99. The molecule has 4 unspecified atom stereocenters. The highest BCUT2D eigenvalue weighted by atomic mass is 16.5. The molecular weight excluding hydrogens is 268 g/mol. The molecule has 4 atom stereocenters. The van der Waals surface area contributed by atoms with E-state index in [4.69, 9.17) is 4.74 Å².